The van der Waals surface area contributed by atoms with E-state index in [2.05, 4.69) is 5.32 Å². The van der Waals surface area contributed by atoms with Crippen LogP contribution in [-0.2, 0) is 16.1 Å². The molecule has 1 aliphatic heterocycles. The molecule has 1 aliphatic rings. The van der Waals surface area contributed by atoms with E-state index in [0.29, 0.717) is 29.4 Å². The highest BCUT2D eigenvalue weighted by Crippen LogP contribution is 2.42. The first-order valence-electron chi connectivity index (χ1n) is 11.8. The van der Waals surface area contributed by atoms with Crippen LogP contribution in [0.5, 0.6) is 17.2 Å². The van der Waals surface area contributed by atoms with Gasteiger partial charge in [-0.25, -0.2) is 4.79 Å². The average molecular weight is 504 g/mol. The number of quaternary nitrogens is 1. The summed E-state index contributed by atoms with van der Waals surface area (Å²) in [6.45, 7) is 0.341. The molecule has 0 aromatic heterocycles. The molecule has 8 nitrogen and oxygen atoms in total. The highest BCUT2D eigenvalue weighted by atomic mass is 16.5. The smallest absolute Gasteiger partial charge is 0.355 e. The first-order chi connectivity index (χ1) is 17.9. The minimum atomic E-state index is -0.366. The Morgan fingerprint density at radius 3 is 2.24 bits per heavy atom. The molecule has 0 bridgehead atoms. The molecule has 37 heavy (non-hydrogen) atoms. The van der Waals surface area contributed by atoms with Crippen molar-refractivity contribution in [1.29, 1.82) is 0 Å². The Bertz CT molecular complexity index is 1300. The number of benzene rings is 3. The topological polar surface area (TPSA) is 83.1 Å². The van der Waals surface area contributed by atoms with E-state index in [1.165, 1.54) is 7.11 Å². The average Bonchev–Trinajstić information content (AvgIpc) is 2.96. The van der Waals surface area contributed by atoms with Crippen molar-refractivity contribution in [3.63, 3.8) is 0 Å². The molecule has 0 radical (unpaired) electrons. The van der Waals surface area contributed by atoms with Gasteiger partial charge in [0.05, 0.1) is 46.6 Å². The molecule has 1 amide bonds. The molecule has 3 aromatic carbocycles. The summed E-state index contributed by atoms with van der Waals surface area (Å²) in [5.74, 6) is 1.47. The van der Waals surface area contributed by atoms with Gasteiger partial charge in [0.2, 0.25) is 0 Å². The zero-order valence-corrected chi connectivity index (χ0v) is 21.4. The third-order valence-corrected chi connectivity index (χ3v) is 6.54. The number of rotatable bonds is 9. The van der Waals surface area contributed by atoms with Crippen LogP contribution in [-0.4, -0.2) is 46.9 Å². The van der Waals surface area contributed by atoms with Crippen molar-refractivity contribution >= 4 is 17.6 Å². The zero-order chi connectivity index (χ0) is 26.4. The summed E-state index contributed by atoms with van der Waals surface area (Å²) in [4.78, 5) is 26.2. The lowest BCUT2D eigenvalue weighted by atomic mass is 9.95. The summed E-state index contributed by atoms with van der Waals surface area (Å²) in [7, 11) is 6.14. The van der Waals surface area contributed by atoms with E-state index in [-0.39, 0.29) is 28.9 Å². The molecule has 0 aliphatic carbocycles. The minimum Gasteiger partial charge on any atom is -0.497 e. The van der Waals surface area contributed by atoms with Crippen molar-refractivity contribution in [1.82, 2.24) is 9.80 Å². The molecule has 4 rings (SSSR count). The van der Waals surface area contributed by atoms with Crippen molar-refractivity contribution in [2.45, 2.75) is 12.6 Å². The van der Waals surface area contributed by atoms with Gasteiger partial charge in [0.25, 0.3) is 0 Å². The fraction of sp³-hybridized carbons (Fsp3) is 0.241. The first kappa shape index (κ1) is 25.9. The van der Waals surface area contributed by atoms with Crippen molar-refractivity contribution in [2.24, 2.45) is 0 Å². The molecule has 0 fully saturated rings. The van der Waals surface area contributed by atoms with Crippen LogP contribution >= 0.6 is 0 Å². The van der Waals surface area contributed by atoms with Crippen LogP contribution in [0, 0.1) is 0 Å². The fourth-order valence-corrected chi connectivity index (χ4v) is 4.58. The third-order valence-electron chi connectivity index (χ3n) is 6.54. The van der Waals surface area contributed by atoms with Crippen LogP contribution in [0.1, 0.15) is 27.5 Å². The lowest BCUT2D eigenvalue weighted by molar-refractivity contribution is -0.139. The normalized spacial score (nSPS) is 18.0. The number of para-hydroxylation sites is 1. The first-order valence-corrected chi connectivity index (χ1v) is 11.8. The van der Waals surface area contributed by atoms with Gasteiger partial charge in [-0.15, -0.1) is 0 Å². The van der Waals surface area contributed by atoms with E-state index < -0.39 is 0 Å². The predicted octanol–water partition coefficient (Wildman–Crippen LogP) is 4.39. The molecule has 0 saturated heterocycles. The molecule has 0 saturated carbocycles. The van der Waals surface area contributed by atoms with E-state index in [9.17, 15) is 9.59 Å². The molecule has 1 heterocycles. The van der Waals surface area contributed by atoms with Crippen LogP contribution in [0.2, 0.25) is 0 Å². The molecule has 3 aromatic rings. The Labute approximate surface area is 216 Å². The molecule has 1 N–H and O–H groups in total. The van der Waals surface area contributed by atoms with Crippen LogP contribution in [0.25, 0.3) is 0 Å². The summed E-state index contributed by atoms with van der Waals surface area (Å²) >= 11 is 0. The molecule has 192 valence electrons. The van der Waals surface area contributed by atoms with Gasteiger partial charge < -0.3 is 18.9 Å². The van der Waals surface area contributed by atoms with Gasteiger partial charge >= 0.3 is 11.9 Å². The quantitative estimate of drug-likeness (QED) is 0.343. The number of carbonyl (C=O) groups excluding carboxylic acids is 2. The number of hydrogen-bond donors (Lipinski definition) is 1. The van der Waals surface area contributed by atoms with E-state index in [0.717, 1.165) is 16.8 Å². The van der Waals surface area contributed by atoms with Crippen LogP contribution in [0.15, 0.2) is 79.0 Å². The Kier molecular flexibility index (Phi) is 7.91. The van der Waals surface area contributed by atoms with Crippen molar-refractivity contribution in [3.05, 3.63) is 95.7 Å². The Balaban J connectivity index is 1.85. The van der Waals surface area contributed by atoms with Gasteiger partial charge in [0, 0.05) is 23.3 Å². The van der Waals surface area contributed by atoms with Gasteiger partial charge in [-0.2, -0.15) is 4.48 Å². The highest BCUT2D eigenvalue weighted by Gasteiger charge is 2.44. The van der Waals surface area contributed by atoms with Crippen molar-refractivity contribution in [2.75, 3.05) is 35.0 Å². The fourth-order valence-electron chi connectivity index (χ4n) is 4.58. The number of methoxy groups -OCH3 is 4. The monoisotopic (exact) mass is 503 g/mol. The Hall–Kier alpha value is -4.14. The lowest BCUT2D eigenvalue weighted by Gasteiger charge is -2.38. The SMILES string of the molecule is COC(=O)CNC1C=C[N+](Cc2ccc(OC)cc2OC)(C(=O)c2ccc(OC)cc2)c2ccccc21. The number of ether oxygens (including phenoxy) is 4. The van der Waals surface area contributed by atoms with Gasteiger partial charge in [0.1, 0.15) is 30.0 Å². The summed E-state index contributed by atoms with van der Waals surface area (Å²) < 4.78 is 21.0. The standard InChI is InChI=1S/C29H31N2O6/c1-34-22-12-9-20(10-13-22)29(33)31(19-21-11-14-23(35-2)17-27(21)36-3)16-15-25(30-18-28(32)37-4)24-7-5-6-8-26(24)31/h5-17,25,30H,18-19H2,1-4H3/q+1. The van der Waals surface area contributed by atoms with E-state index >= 15 is 0 Å². The minimum absolute atomic E-state index is 0.0402. The van der Waals surface area contributed by atoms with Crippen LogP contribution in [0.3, 0.4) is 0 Å². The summed E-state index contributed by atoms with van der Waals surface area (Å²) in [6.07, 6.45) is 3.80. The number of nitrogens with zero attached hydrogens (tertiary/aromatic N) is 1. The largest absolute Gasteiger partial charge is 0.497 e. The van der Waals surface area contributed by atoms with Gasteiger partial charge in [-0.05, 0) is 42.5 Å². The van der Waals surface area contributed by atoms with Crippen LogP contribution in [0.4, 0.5) is 5.69 Å². The summed E-state index contributed by atoms with van der Waals surface area (Å²) in [5.41, 5.74) is 3.06. The second-order valence-electron chi connectivity index (χ2n) is 8.57. The number of nitrogens with one attached hydrogen (secondary N) is 1. The van der Waals surface area contributed by atoms with Crippen molar-refractivity contribution < 1.29 is 28.5 Å². The maximum atomic E-state index is 14.4. The highest BCUT2D eigenvalue weighted by molar-refractivity contribution is 6.04. The zero-order valence-electron chi connectivity index (χ0n) is 21.4. The summed E-state index contributed by atoms with van der Waals surface area (Å²) in [5, 5.41) is 3.22. The predicted molar refractivity (Wildman–Crippen MR) is 141 cm³/mol. The van der Waals surface area contributed by atoms with E-state index in [1.54, 1.807) is 45.6 Å². The second-order valence-corrected chi connectivity index (χ2v) is 8.57. The number of amides is 1. The molecular weight excluding hydrogens is 472 g/mol. The third kappa shape index (κ3) is 5.21. The molecule has 0 spiro atoms. The number of esters is 1. The van der Waals surface area contributed by atoms with Crippen molar-refractivity contribution in [3.8, 4) is 17.2 Å². The maximum absolute atomic E-state index is 14.4. The Morgan fingerprint density at radius 2 is 1.57 bits per heavy atom. The molecule has 2 atom stereocenters. The lowest BCUT2D eigenvalue weighted by Crippen LogP contribution is -2.51. The summed E-state index contributed by atoms with van der Waals surface area (Å²) in [6, 6.07) is 20.1. The maximum Gasteiger partial charge on any atom is 0.355 e. The van der Waals surface area contributed by atoms with E-state index in [4.69, 9.17) is 18.9 Å². The van der Waals surface area contributed by atoms with E-state index in [1.807, 2.05) is 54.7 Å². The Morgan fingerprint density at radius 1 is 0.865 bits per heavy atom. The van der Waals surface area contributed by atoms with Gasteiger partial charge in [-0.3, -0.25) is 10.1 Å². The molecular formula is C29H31N2O6+. The van der Waals surface area contributed by atoms with Gasteiger partial charge in [-0.1, -0.05) is 18.2 Å². The molecule has 8 heteroatoms. The molecule has 2 unspecified atom stereocenters. The van der Waals surface area contributed by atoms with Crippen LogP contribution < -0.4 is 24.0 Å². The number of hydrogen-bond acceptors (Lipinski definition) is 7. The second kappa shape index (κ2) is 11.3. The number of carbonyl (C=O) groups is 2. The van der Waals surface area contributed by atoms with Gasteiger partial charge in [0.15, 0.2) is 5.69 Å². The number of fused-ring (bicyclic) bond motifs is 1.